The van der Waals surface area contributed by atoms with Crippen LogP contribution in [0.4, 0.5) is 17.1 Å². The Morgan fingerprint density at radius 3 is 1.14 bits per heavy atom. The number of hydrogen-bond acceptors (Lipinski definition) is 3. The second-order valence-corrected chi connectivity index (χ2v) is 20.6. The summed E-state index contributed by atoms with van der Waals surface area (Å²) in [5, 5.41) is 0. The van der Waals surface area contributed by atoms with E-state index in [9.17, 15) is 0 Å². The minimum atomic E-state index is -0.539. The minimum absolute atomic E-state index is 0.524. The number of ether oxygens (including phenoxy) is 2. The summed E-state index contributed by atoms with van der Waals surface area (Å²) in [6, 6.07) is 104. The van der Waals surface area contributed by atoms with Crippen molar-refractivity contribution in [1.29, 1.82) is 0 Å². The third-order valence-electron chi connectivity index (χ3n) is 16.8. The van der Waals surface area contributed by atoms with Crippen LogP contribution in [-0.2, 0) is 10.8 Å². The Kier molecular flexibility index (Phi) is 9.47. The molecule has 360 valence electrons. The van der Waals surface area contributed by atoms with Crippen LogP contribution in [0.15, 0.2) is 285 Å². The lowest BCUT2D eigenvalue weighted by molar-refractivity contribution is 0.436. The summed E-state index contributed by atoms with van der Waals surface area (Å²) in [6.07, 6.45) is 0. The summed E-state index contributed by atoms with van der Waals surface area (Å²) in [4.78, 5) is 2.44. The van der Waals surface area contributed by atoms with Gasteiger partial charge < -0.3 is 14.4 Å². The van der Waals surface area contributed by atoms with Crippen LogP contribution in [0.5, 0.6) is 23.0 Å². The Hall–Kier alpha value is -9.96. The van der Waals surface area contributed by atoms with Gasteiger partial charge in [-0.1, -0.05) is 218 Å². The molecule has 12 aromatic carbocycles. The SMILES string of the molecule is c1ccc(-c2ccc(N(c3cccc(-c4ccc5c(c4)-c4ccccc4C54c5ccccc5Oc5ccccc54)c3)c3ccccc3-c3ccc4c(c3)-c3ccccc3C43c4ccccc4Oc4ccccc43)cc2)cc1. The molecule has 2 heterocycles. The second kappa shape index (κ2) is 16.8. The molecule has 0 N–H and O–H groups in total. The molecule has 12 aromatic rings. The highest BCUT2D eigenvalue weighted by atomic mass is 16.5. The van der Waals surface area contributed by atoms with Crippen molar-refractivity contribution in [3.8, 4) is 78.6 Å². The normalized spacial score (nSPS) is 13.9. The fourth-order valence-electron chi connectivity index (χ4n) is 13.7. The molecule has 2 spiro atoms. The van der Waals surface area contributed by atoms with Gasteiger partial charge in [-0.05, 0) is 139 Å². The van der Waals surface area contributed by atoms with Gasteiger partial charge in [0.25, 0.3) is 0 Å². The first-order chi connectivity index (χ1) is 38.2. The van der Waals surface area contributed by atoms with E-state index in [0.29, 0.717) is 0 Å². The molecule has 0 aromatic heterocycles. The second-order valence-electron chi connectivity index (χ2n) is 20.6. The molecular formula is C74H47NO2. The molecule has 77 heavy (non-hydrogen) atoms. The zero-order chi connectivity index (χ0) is 50.7. The Labute approximate surface area is 448 Å². The molecule has 0 atom stereocenters. The summed E-state index contributed by atoms with van der Waals surface area (Å²) < 4.78 is 13.3. The van der Waals surface area contributed by atoms with Gasteiger partial charge in [0.1, 0.15) is 23.0 Å². The standard InChI is InChI=1S/C74H47NO2/c1-2-19-48(20-3-1)49-37-41-53(42-38-49)75(54-22-18-21-50(45-54)51-39-43-62-58(46-51)56-24-4-7-26-60(56)73(62)64-28-9-14-33-69(64)76-70-34-15-10-29-65(70)73)68-32-13-6-23-55(68)52-40-44-63-59(47-52)57-25-5-8-27-61(57)74(63)66-30-11-16-35-71(66)77-72-36-17-12-31-67(72)74/h1-47H. The molecule has 0 fully saturated rings. The van der Waals surface area contributed by atoms with Gasteiger partial charge in [0.05, 0.1) is 16.5 Å². The van der Waals surface area contributed by atoms with Gasteiger partial charge in [0.15, 0.2) is 0 Å². The highest BCUT2D eigenvalue weighted by Gasteiger charge is 2.52. The molecular weight excluding hydrogens is 935 g/mol. The van der Waals surface area contributed by atoms with Crippen molar-refractivity contribution in [2.45, 2.75) is 10.8 Å². The lowest BCUT2D eigenvalue weighted by atomic mass is 9.66. The van der Waals surface area contributed by atoms with Gasteiger partial charge in [-0.3, -0.25) is 0 Å². The molecule has 2 aliphatic carbocycles. The van der Waals surface area contributed by atoms with Crippen LogP contribution >= 0.6 is 0 Å². The summed E-state index contributed by atoms with van der Waals surface area (Å²) in [6.45, 7) is 0. The Balaban J connectivity index is 0.860. The van der Waals surface area contributed by atoms with Crippen molar-refractivity contribution in [2.24, 2.45) is 0 Å². The van der Waals surface area contributed by atoms with E-state index in [1.54, 1.807) is 0 Å². The molecule has 3 nitrogen and oxygen atoms in total. The van der Waals surface area contributed by atoms with Crippen LogP contribution in [0.1, 0.15) is 44.5 Å². The number of anilines is 3. The molecule has 4 aliphatic rings. The van der Waals surface area contributed by atoms with E-state index in [1.165, 1.54) is 66.8 Å². The van der Waals surface area contributed by atoms with E-state index in [0.717, 1.165) is 73.4 Å². The summed E-state index contributed by atoms with van der Waals surface area (Å²) in [5.74, 6) is 3.58. The van der Waals surface area contributed by atoms with Crippen LogP contribution in [0.2, 0.25) is 0 Å². The molecule has 0 unspecified atom stereocenters. The number of nitrogens with zero attached hydrogens (tertiary/aromatic N) is 1. The van der Waals surface area contributed by atoms with Crippen molar-refractivity contribution in [3.63, 3.8) is 0 Å². The quantitative estimate of drug-likeness (QED) is 0.166. The van der Waals surface area contributed by atoms with Gasteiger partial charge in [0, 0.05) is 39.2 Å². The Bertz CT molecular complexity index is 4270. The number of para-hydroxylation sites is 5. The zero-order valence-electron chi connectivity index (χ0n) is 41.9. The number of hydrogen-bond donors (Lipinski definition) is 0. The topological polar surface area (TPSA) is 21.7 Å². The third-order valence-corrected chi connectivity index (χ3v) is 16.8. The first kappa shape index (κ1) is 43.4. The van der Waals surface area contributed by atoms with Gasteiger partial charge in [-0.15, -0.1) is 0 Å². The molecule has 0 saturated heterocycles. The van der Waals surface area contributed by atoms with Crippen molar-refractivity contribution in [3.05, 3.63) is 330 Å². The molecule has 16 rings (SSSR count). The summed E-state index contributed by atoms with van der Waals surface area (Å²) in [7, 11) is 0. The van der Waals surface area contributed by atoms with Crippen LogP contribution < -0.4 is 14.4 Å². The average molecular weight is 982 g/mol. The molecule has 0 radical (unpaired) electrons. The van der Waals surface area contributed by atoms with E-state index in [2.05, 4.69) is 290 Å². The van der Waals surface area contributed by atoms with E-state index in [1.807, 2.05) is 0 Å². The Morgan fingerprint density at radius 1 is 0.221 bits per heavy atom. The molecule has 0 saturated carbocycles. The smallest absolute Gasteiger partial charge is 0.132 e. The third kappa shape index (κ3) is 6.20. The maximum absolute atomic E-state index is 6.65. The molecule has 0 bridgehead atoms. The van der Waals surface area contributed by atoms with Crippen molar-refractivity contribution >= 4 is 17.1 Å². The zero-order valence-corrected chi connectivity index (χ0v) is 41.9. The van der Waals surface area contributed by atoms with Crippen LogP contribution in [0.25, 0.3) is 55.6 Å². The maximum atomic E-state index is 6.65. The average Bonchev–Trinajstić information content (AvgIpc) is 3.78. The van der Waals surface area contributed by atoms with Gasteiger partial charge >= 0.3 is 0 Å². The first-order valence-electron chi connectivity index (χ1n) is 26.6. The van der Waals surface area contributed by atoms with Crippen LogP contribution in [0, 0.1) is 0 Å². The van der Waals surface area contributed by atoms with Crippen molar-refractivity contribution in [1.82, 2.24) is 0 Å². The van der Waals surface area contributed by atoms with E-state index in [4.69, 9.17) is 9.47 Å². The number of fused-ring (bicyclic) bond motifs is 18. The largest absolute Gasteiger partial charge is 0.457 e. The first-order valence-corrected chi connectivity index (χ1v) is 26.6. The monoisotopic (exact) mass is 981 g/mol. The lowest BCUT2D eigenvalue weighted by Crippen LogP contribution is -2.32. The van der Waals surface area contributed by atoms with Crippen LogP contribution in [0.3, 0.4) is 0 Å². The van der Waals surface area contributed by atoms with Crippen LogP contribution in [-0.4, -0.2) is 0 Å². The number of benzene rings is 12. The molecule has 3 heteroatoms. The van der Waals surface area contributed by atoms with Crippen molar-refractivity contribution < 1.29 is 9.47 Å². The van der Waals surface area contributed by atoms with Gasteiger partial charge in [-0.25, -0.2) is 0 Å². The van der Waals surface area contributed by atoms with E-state index in [-0.39, 0.29) is 0 Å². The fraction of sp³-hybridized carbons (Fsp3) is 0.0270. The highest BCUT2D eigenvalue weighted by Crippen LogP contribution is 2.64. The fourth-order valence-corrected chi connectivity index (χ4v) is 13.7. The predicted molar refractivity (Wildman–Crippen MR) is 312 cm³/mol. The van der Waals surface area contributed by atoms with Gasteiger partial charge in [-0.2, -0.15) is 0 Å². The van der Waals surface area contributed by atoms with Crippen molar-refractivity contribution in [2.75, 3.05) is 4.90 Å². The predicted octanol–water partition coefficient (Wildman–Crippen LogP) is 19.1. The van der Waals surface area contributed by atoms with E-state index >= 15 is 0 Å². The van der Waals surface area contributed by atoms with E-state index < -0.39 is 10.8 Å². The minimum Gasteiger partial charge on any atom is -0.457 e. The molecule has 0 amide bonds. The maximum Gasteiger partial charge on any atom is 0.132 e. The summed E-state index contributed by atoms with van der Waals surface area (Å²) >= 11 is 0. The van der Waals surface area contributed by atoms with Gasteiger partial charge in [0.2, 0.25) is 0 Å². The molecule has 2 aliphatic heterocycles. The highest BCUT2D eigenvalue weighted by molar-refractivity contribution is 5.96. The number of rotatable bonds is 6. The summed E-state index contributed by atoms with van der Waals surface area (Å²) in [5.41, 5.74) is 23.8. The lowest BCUT2D eigenvalue weighted by Gasteiger charge is -2.39. The Morgan fingerprint density at radius 2 is 0.597 bits per heavy atom.